The largest absolute Gasteiger partial charge is 0.273 e. The minimum absolute atomic E-state index is 0.0485. The van der Waals surface area contributed by atoms with Gasteiger partial charge in [0.1, 0.15) is 5.82 Å². The minimum atomic E-state index is -2.99. The number of sulfone groups is 1. The van der Waals surface area contributed by atoms with Gasteiger partial charge in [-0.25, -0.2) is 18.2 Å². The van der Waals surface area contributed by atoms with Crippen LogP contribution in [0, 0.1) is 11.7 Å². The number of nitrogens with zero attached hydrogens (tertiary/aromatic N) is 1. The summed E-state index contributed by atoms with van der Waals surface area (Å²) >= 11 is 5.91. The minimum Gasteiger partial charge on any atom is -0.273 e. The van der Waals surface area contributed by atoms with Crippen LogP contribution in [0.3, 0.4) is 0 Å². The van der Waals surface area contributed by atoms with Crippen molar-refractivity contribution in [1.82, 2.24) is 5.43 Å². The van der Waals surface area contributed by atoms with E-state index in [-0.39, 0.29) is 34.8 Å². The zero-order valence-corrected chi connectivity index (χ0v) is 13.5. The van der Waals surface area contributed by atoms with E-state index >= 15 is 0 Å². The normalized spacial score (nSPS) is 20.9. The maximum Gasteiger partial charge on any atom is 0.240 e. The van der Waals surface area contributed by atoms with Gasteiger partial charge in [-0.05, 0) is 37.5 Å². The molecular formula is C14H16ClFN2O3S. The van der Waals surface area contributed by atoms with Gasteiger partial charge in [-0.15, -0.1) is 0 Å². The number of amides is 1. The van der Waals surface area contributed by atoms with E-state index in [1.165, 1.54) is 18.2 Å². The van der Waals surface area contributed by atoms with Crippen molar-refractivity contribution < 1.29 is 17.6 Å². The molecule has 0 unspecified atom stereocenters. The number of carbonyl (C=O) groups is 1. The molecule has 0 aromatic heterocycles. The second-order valence-corrected chi connectivity index (χ2v) is 7.97. The first-order chi connectivity index (χ1) is 10.3. The molecule has 22 heavy (non-hydrogen) atoms. The van der Waals surface area contributed by atoms with Crippen molar-refractivity contribution in [2.75, 3.05) is 11.5 Å². The highest BCUT2D eigenvalue weighted by Crippen LogP contribution is 2.21. The average molecular weight is 347 g/mol. The van der Waals surface area contributed by atoms with Crippen molar-refractivity contribution in [2.24, 2.45) is 11.0 Å². The average Bonchev–Trinajstić information content (AvgIpc) is 2.75. The van der Waals surface area contributed by atoms with Gasteiger partial charge in [0.05, 0.1) is 22.2 Å². The van der Waals surface area contributed by atoms with Gasteiger partial charge in [0.15, 0.2) is 9.84 Å². The number of nitrogens with one attached hydrogen (secondary N) is 1. The first-order valence-corrected chi connectivity index (χ1v) is 8.96. The highest BCUT2D eigenvalue weighted by molar-refractivity contribution is 7.91. The SMILES string of the molecule is C/C(=N/NC(=O)C[C@H]1CCS(=O)(=O)C1)c1ccc(F)cc1Cl. The van der Waals surface area contributed by atoms with Crippen LogP contribution in [-0.4, -0.2) is 31.5 Å². The lowest BCUT2D eigenvalue weighted by Gasteiger charge is -2.07. The van der Waals surface area contributed by atoms with Gasteiger partial charge >= 0.3 is 0 Å². The Morgan fingerprint density at radius 3 is 2.82 bits per heavy atom. The molecule has 1 saturated heterocycles. The fourth-order valence-electron chi connectivity index (χ4n) is 2.33. The van der Waals surface area contributed by atoms with E-state index in [0.29, 0.717) is 17.7 Å². The Hall–Kier alpha value is -1.47. The highest BCUT2D eigenvalue weighted by Gasteiger charge is 2.29. The molecule has 1 aliphatic rings. The van der Waals surface area contributed by atoms with Crippen molar-refractivity contribution >= 4 is 33.1 Å². The highest BCUT2D eigenvalue weighted by atomic mass is 35.5. The van der Waals surface area contributed by atoms with E-state index in [1.54, 1.807) is 6.92 Å². The summed E-state index contributed by atoms with van der Waals surface area (Å²) in [7, 11) is -2.99. The van der Waals surface area contributed by atoms with Crippen LogP contribution >= 0.6 is 11.6 Å². The van der Waals surface area contributed by atoms with Crippen LogP contribution in [0.25, 0.3) is 0 Å². The molecule has 5 nitrogen and oxygen atoms in total. The standard InChI is InChI=1S/C14H16ClFN2O3S/c1-9(12-3-2-11(16)7-13(12)15)17-18-14(19)6-10-4-5-22(20,21)8-10/h2-3,7,10H,4-6,8H2,1H3,(H,18,19)/b17-9-/t10-/m1/s1. The number of benzene rings is 1. The van der Waals surface area contributed by atoms with Crippen LogP contribution in [0.5, 0.6) is 0 Å². The fraction of sp³-hybridized carbons (Fsp3) is 0.429. The molecule has 0 radical (unpaired) electrons. The van der Waals surface area contributed by atoms with E-state index < -0.39 is 15.7 Å². The predicted octanol–water partition coefficient (Wildman–Crippen LogP) is 2.14. The van der Waals surface area contributed by atoms with Gasteiger partial charge < -0.3 is 0 Å². The van der Waals surface area contributed by atoms with Crippen LogP contribution in [0.1, 0.15) is 25.3 Å². The van der Waals surface area contributed by atoms with Crippen LogP contribution in [0.4, 0.5) is 4.39 Å². The predicted molar refractivity (Wildman–Crippen MR) is 83.1 cm³/mol. The van der Waals surface area contributed by atoms with Gasteiger partial charge in [-0.1, -0.05) is 11.6 Å². The van der Waals surface area contributed by atoms with Crippen molar-refractivity contribution in [2.45, 2.75) is 19.8 Å². The summed E-state index contributed by atoms with van der Waals surface area (Å²) in [6.45, 7) is 1.64. The number of halogens is 2. The summed E-state index contributed by atoms with van der Waals surface area (Å²) in [5.41, 5.74) is 3.34. The molecule has 1 aliphatic heterocycles. The smallest absolute Gasteiger partial charge is 0.240 e. The zero-order chi connectivity index (χ0) is 16.3. The molecule has 1 atom stereocenters. The monoisotopic (exact) mass is 346 g/mol. The third-order valence-corrected chi connectivity index (χ3v) is 5.62. The maximum absolute atomic E-state index is 13.0. The Labute approximate surface area is 133 Å². The molecule has 1 fully saturated rings. The van der Waals surface area contributed by atoms with E-state index in [2.05, 4.69) is 10.5 Å². The molecule has 1 N–H and O–H groups in total. The van der Waals surface area contributed by atoms with Gasteiger partial charge in [-0.2, -0.15) is 5.10 Å². The molecule has 0 saturated carbocycles. The van der Waals surface area contributed by atoms with Gasteiger partial charge in [0.25, 0.3) is 0 Å². The van der Waals surface area contributed by atoms with Crippen LogP contribution < -0.4 is 5.43 Å². The first kappa shape index (κ1) is 16.9. The van der Waals surface area contributed by atoms with E-state index in [4.69, 9.17) is 11.6 Å². The van der Waals surface area contributed by atoms with Crippen molar-refractivity contribution in [1.29, 1.82) is 0 Å². The molecule has 0 aliphatic carbocycles. The molecule has 8 heteroatoms. The Bertz CT molecular complexity index is 719. The molecule has 1 amide bonds. The molecule has 120 valence electrons. The molecule has 1 aromatic rings. The molecule has 0 bridgehead atoms. The summed E-state index contributed by atoms with van der Waals surface area (Å²) in [5, 5.41) is 4.13. The number of carbonyl (C=O) groups excluding carboxylic acids is 1. The molecule has 1 heterocycles. The quantitative estimate of drug-likeness (QED) is 0.670. The lowest BCUT2D eigenvalue weighted by Crippen LogP contribution is -2.22. The number of hydrogen-bond donors (Lipinski definition) is 1. The fourth-order valence-corrected chi connectivity index (χ4v) is 4.50. The van der Waals surface area contributed by atoms with E-state index in [0.717, 1.165) is 0 Å². The van der Waals surface area contributed by atoms with Crippen molar-refractivity contribution in [3.63, 3.8) is 0 Å². The number of hydrogen-bond acceptors (Lipinski definition) is 4. The van der Waals surface area contributed by atoms with Crippen LogP contribution in [0.15, 0.2) is 23.3 Å². The number of rotatable bonds is 4. The summed E-state index contributed by atoms with van der Waals surface area (Å²) in [5.74, 6) is -0.770. The van der Waals surface area contributed by atoms with Gasteiger partial charge in [-0.3, -0.25) is 4.79 Å². The second-order valence-electron chi connectivity index (χ2n) is 5.33. The lowest BCUT2D eigenvalue weighted by molar-refractivity contribution is -0.121. The van der Waals surface area contributed by atoms with Crippen LogP contribution in [0.2, 0.25) is 5.02 Å². The third-order valence-electron chi connectivity index (χ3n) is 3.47. The Morgan fingerprint density at radius 1 is 1.50 bits per heavy atom. The van der Waals surface area contributed by atoms with Crippen molar-refractivity contribution in [3.8, 4) is 0 Å². The Kier molecular flexibility index (Phi) is 5.18. The Balaban J connectivity index is 1.94. The topological polar surface area (TPSA) is 75.6 Å². The zero-order valence-electron chi connectivity index (χ0n) is 12.0. The summed E-state index contributed by atoms with van der Waals surface area (Å²) in [6.07, 6.45) is 0.620. The van der Waals surface area contributed by atoms with Crippen LogP contribution in [-0.2, 0) is 14.6 Å². The summed E-state index contributed by atoms with van der Waals surface area (Å²) < 4.78 is 35.6. The second kappa shape index (κ2) is 6.75. The first-order valence-electron chi connectivity index (χ1n) is 6.76. The van der Waals surface area contributed by atoms with E-state index in [9.17, 15) is 17.6 Å². The number of hydrazone groups is 1. The summed E-state index contributed by atoms with van der Waals surface area (Å²) in [4.78, 5) is 11.8. The van der Waals surface area contributed by atoms with Gasteiger partial charge in [0.2, 0.25) is 5.91 Å². The summed E-state index contributed by atoms with van der Waals surface area (Å²) in [6, 6.07) is 3.90. The van der Waals surface area contributed by atoms with E-state index in [1.807, 2.05) is 0 Å². The Morgan fingerprint density at radius 2 is 2.23 bits per heavy atom. The van der Waals surface area contributed by atoms with Gasteiger partial charge in [0, 0.05) is 12.0 Å². The maximum atomic E-state index is 13.0. The third kappa shape index (κ3) is 4.51. The molecule has 2 rings (SSSR count). The molecule has 0 spiro atoms. The van der Waals surface area contributed by atoms with Crippen molar-refractivity contribution in [3.05, 3.63) is 34.6 Å². The molecular weight excluding hydrogens is 331 g/mol. The lowest BCUT2D eigenvalue weighted by atomic mass is 10.1. The molecule has 1 aromatic carbocycles.